The van der Waals surface area contributed by atoms with Crippen molar-refractivity contribution in [1.29, 1.82) is 0 Å². The summed E-state index contributed by atoms with van der Waals surface area (Å²) in [7, 11) is 0. The van der Waals surface area contributed by atoms with E-state index in [9.17, 15) is 9.59 Å². The number of allylic oxidation sites excluding steroid dienone is 2. The standard InChI is InChI=1S/C23H34N2O3/c1-22-8-5-14(25-28-15-7-10-24-13-15)11-19(22)20(26)12-16-17-3-4-21(27)23(17,2)9-6-18(16)22/h11,15-19,24-25H,3-10,12-13H2,1-2H3/t15-,16?,17?,18?,19?,22-,23+/m1/s1. The van der Waals surface area contributed by atoms with Gasteiger partial charge in [0.05, 0.1) is 6.10 Å². The normalized spacial score (nSPS) is 47.9. The Morgan fingerprint density at radius 2 is 1.96 bits per heavy atom. The van der Waals surface area contributed by atoms with Crippen LogP contribution in [0.1, 0.15) is 65.2 Å². The zero-order valence-electron chi connectivity index (χ0n) is 17.3. The van der Waals surface area contributed by atoms with Crippen molar-refractivity contribution in [3.8, 4) is 0 Å². The highest BCUT2D eigenvalue weighted by Crippen LogP contribution is 2.64. The van der Waals surface area contributed by atoms with Crippen molar-refractivity contribution >= 4 is 11.6 Å². The Morgan fingerprint density at radius 1 is 1.11 bits per heavy atom. The monoisotopic (exact) mass is 386 g/mol. The van der Waals surface area contributed by atoms with Crippen molar-refractivity contribution in [3.63, 3.8) is 0 Å². The van der Waals surface area contributed by atoms with Crippen molar-refractivity contribution in [3.05, 3.63) is 11.8 Å². The van der Waals surface area contributed by atoms with Crippen LogP contribution in [0.3, 0.4) is 0 Å². The van der Waals surface area contributed by atoms with E-state index in [1.54, 1.807) is 0 Å². The van der Waals surface area contributed by atoms with E-state index < -0.39 is 0 Å². The van der Waals surface area contributed by atoms with Crippen LogP contribution < -0.4 is 10.8 Å². The second-order valence-electron chi connectivity index (χ2n) is 10.5. The second kappa shape index (κ2) is 6.66. The van der Waals surface area contributed by atoms with E-state index in [-0.39, 0.29) is 22.9 Å². The predicted molar refractivity (Wildman–Crippen MR) is 106 cm³/mol. The summed E-state index contributed by atoms with van der Waals surface area (Å²) in [5, 5.41) is 3.31. The minimum atomic E-state index is -0.162. The van der Waals surface area contributed by atoms with Crippen molar-refractivity contribution in [2.24, 2.45) is 34.5 Å². The maximum absolute atomic E-state index is 13.3. The van der Waals surface area contributed by atoms with Gasteiger partial charge in [-0.2, -0.15) is 0 Å². The van der Waals surface area contributed by atoms with Gasteiger partial charge in [-0.25, -0.2) is 0 Å². The molecule has 4 aliphatic carbocycles. The predicted octanol–water partition coefficient (Wildman–Crippen LogP) is 3.15. The topological polar surface area (TPSA) is 67.4 Å². The lowest BCUT2D eigenvalue weighted by atomic mass is 9.46. The Morgan fingerprint density at radius 3 is 2.75 bits per heavy atom. The molecule has 4 fully saturated rings. The number of ketones is 2. The van der Waals surface area contributed by atoms with Crippen LogP contribution in [0.4, 0.5) is 0 Å². The van der Waals surface area contributed by atoms with Crippen LogP contribution in [0.25, 0.3) is 0 Å². The zero-order chi connectivity index (χ0) is 19.5. The molecule has 5 aliphatic rings. The van der Waals surface area contributed by atoms with Gasteiger partial charge in [0.15, 0.2) is 0 Å². The third-order valence-corrected chi connectivity index (χ3v) is 9.16. The minimum Gasteiger partial charge on any atom is -0.314 e. The average Bonchev–Trinajstić information content (AvgIpc) is 3.29. The van der Waals surface area contributed by atoms with Gasteiger partial charge in [0.2, 0.25) is 0 Å². The summed E-state index contributed by atoms with van der Waals surface area (Å²) in [6.45, 7) is 6.43. The molecule has 0 aromatic rings. The van der Waals surface area contributed by atoms with Crippen LogP contribution >= 0.6 is 0 Å². The fourth-order valence-corrected chi connectivity index (χ4v) is 7.41. The highest BCUT2D eigenvalue weighted by molar-refractivity contribution is 5.88. The van der Waals surface area contributed by atoms with Gasteiger partial charge < -0.3 is 5.32 Å². The number of carbonyl (C=O) groups is 2. The number of nitrogens with one attached hydrogen (secondary N) is 2. The summed E-state index contributed by atoms with van der Waals surface area (Å²) in [6, 6.07) is 0. The molecule has 0 aromatic carbocycles. The van der Waals surface area contributed by atoms with Gasteiger partial charge in [-0.1, -0.05) is 19.9 Å². The molecule has 0 amide bonds. The molecule has 5 nitrogen and oxygen atoms in total. The first kappa shape index (κ1) is 18.8. The zero-order valence-corrected chi connectivity index (χ0v) is 17.3. The third-order valence-electron chi connectivity index (χ3n) is 9.16. The van der Waals surface area contributed by atoms with Gasteiger partial charge in [0.1, 0.15) is 11.6 Å². The molecule has 5 rings (SSSR count). The Bertz CT molecular complexity index is 713. The number of carbonyl (C=O) groups excluding carboxylic acids is 2. The summed E-state index contributed by atoms with van der Waals surface area (Å²) in [4.78, 5) is 31.7. The van der Waals surface area contributed by atoms with Crippen molar-refractivity contribution in [2.45, 2.75) is 71.3 Å². The van der Waals surface area contributed by atoms with Gasteiger partial charge in [0, 0.05) is 36.4 Å². The van der Waals surface area contributed by atoms with Gasteiger partial charge in [-0.15, -0.1) is 0 Å². The van der Waals surface area contributed by atoms with Crippen LogP contribution in [0.5, 0.6) is 0 Å². The Kier molecular flexibility index (Phi) is 4.48. The average molecular weight is 387 g/mol. The van der Waals surface area contributed by atoms with Crippen LogP contribution in [0.15, 0.2) is 11.8 Å². The lowest BCUT2D eigenvalue weighted by Crippen LogP contribution is -2.55. The summed E-state index contributed by atoms with van der Waals surface area (Å²) >= 11 is 0. The summed E-state index contributed by atoms with van der Waals surface area (Å²) in [5.74, 6) is 2.22. The van der Waals surface area contributed by atoms with E-state index >= 15 is 0 Å². The molecule has 0 radical (unpaired) electrons. The molecule has 5 heteroatoms. The molecular weight excluding hydrogens is 352 g/mol. The number of hydrogen-bond donors (Lipinski definition) is 2. The molecule has 0 aromatic heterocycles. The molecule has 0 bridgehead atoms. The molecule has 1 saturated heterocycles. The lowest BCUT2D eigenvalue weighted by Gasteiger charge is -2.58. The van der Waals surface area contributed by atoms with E-state index in [0.717, 1.165) is 63.7 Å². The quantitative estimate of drug-likeness (QED) is 0.730. The Balaban J connectivity index is 1.35. The van der Waals surface area contributed by atoms with Crippen molar-refractivity contribution in [1.82, 2.24) is 10.8 Å². The highest BCUT2D eigenvalue weighted by atomic mass is 16.7. The molecule has 7 atom stereocenters. The molecule has 0 spiro atoms. The van der Waals surface area contributed by atoms with Gasteiger partial charge >= 0.3 is 0 Å². The van der Waals surface area contributed by atoms with E-state index in [2.05, 4.69) is 30.7 Å². The first-order chi connectivity index (χ1) is 13.4. The summed E-state index contributed by atoms with van der Waals surface area (Å²) in [5.41, 5.74) is 4.13. The number of Topliss-reactive ketones (excluding diaryl/α,β-unsaturated/α-hetero) is 2. The van der Waals surface area contributed by atoms with Crippen LogP contribution in [-0.4, -0.2) is 30.8 Å². The van der Waals surface area contributed by atoms with Gasteiger partial charge in [0.25, 0.3) is 0 Å². The summed E-state index contributed by atoms with van der Waals surface area (Å²) < 4.78 is 0. The molecule has 3 saturated carbocycles. The largest absolute Gasteiger partial charge is 0.314 e. The van der Waals surface area contributed by atoms with E-state index in [1.807, 2.05) is 0 Å². The number of hydrogen-bond acceptors (Lipinski definition) is 5. The maximum Gasteiger partial charge on any atom is 0.140 e. The lowest BCUT2D eigenvalue weighted by molar-refractivity contribution is -0.149. The second-order valence-corrected chi connectivity index (χ2v) is 10.5. The number of hydroxylamine groups is 1. The molecule has 154 valence electrons. The fourth-order valence-electron chi connectivity index (χ4n) is 7.41. The van der Waals surface area contributed by atoms with Crippen LogP contribution in [0, 0.1) is 34.5 Å². The smallest absolute Gasteiger partial charge is 0.140 e. The SMILES string of the molecule is C[C@]12CCC(NO[C@@H]3CCNC3)=CC1C(=O)CC1C2CC[C@]2(C)C(=O)CCC12. The van der Waals surface area contributed by atoms with E-state index in [0.29, 0.717) is 35.7 Å². The molecule has 4 unspecified atom stereocenters. The van der Waals surface area contributed by atoms with Crippen molar-refractivity contribution in [2.75, 3.05) is 13.1 Å². The molecule has 2 N–H and O–H groups in total. The van der Waals surface area contributed by atoms with Crippen LogP contribution in [-0.2, 0) is 14.4 Å². The Labute approximate surface area is 168 Å². The van der Waals surface area contributed by atoms with Crippen LogP contribution in [0.2, 0.25) is 0 Å². The minimum absolute atomic E-state index is 0.00300. The third kappa shape index (κ3) is 2.72. The number of rotatable bonds is 3. The molecule has 28 heavy (non-hydrogen) atoms. The Hall–Kier alpha value is -1.20. The van der Waals surface area contributed by atoms with Gasteiger partial charge in [-0.05, 0) is 68.2 Å². The van der Waals surface area contributed by atoms with E-state index in [1.165, 1.54) is 0 Å². The first-order valence-corrected chi connectivity index (χ1v) is 11.3. The van der Waals surface area contributed by atoms with E-state index in [4.69, 9.17) is 4.84 Å². The molecule has 1 aliphatic heterocycles. The van der Waals surface area contributed by atoms with Crippen molar-refractivity contribution < 1.29 is 14.4 Å². The summed E-state index contributed by atoms with van der Waals surface area (Å²) in [6.07, 6.45) is 9.91. The van der Waals surface area contributed by atoms with Gasteiger partial charge in [-0.3, -0.25) is 19.9 Å². The molecular formula is C23H34N2O3. The molecule has 1 heterocycles. The number of fused-ring (bicyclic) bond motifs is 5. The first-order valence-electron chi connectivity index (χ1n) is 11.3. The maximum atomic E-state index is 13.3. The fraction of sp³-hybridized carbons (Fsp3) is 0.826. The highest BCUT2D eigenvalue weighted by Gasteiger charge is 2.61.